The first-order valence-electron chi connectivity index (χ1n) is 8.95. The molecule has 0 saturated heterocycles. The molecule has 1 aliphatic carbocycles. The molecule has 4 N–H and O–H groups in total. The van der Waals surface area contributed by atoms with Crippen LogP contribution in [0.5, 0.6) is 0 Å². The van der Waals surface area contributed by atoms with Crippen molar-refractivity contribution >= 4 is 22.5 Å². The molecule has 0 unspecified atom stereocenters. The van der Waals surface area contributed by atoms with Gasteiger partial charge in [0.2, 0.25) is 0 Å². The number of benzene rings is 2. The fraction of sp³-hybridized carbons (Fsp3) is 0.286. The number of carbonyl (C=O) groups excluding carboxylic acids is 1. The van der Waals surface area contributed by atoms with E-state index in [0.29, 0.717) is 22.9 Å². The van der Waals surface area contributed by atoms with E-state index in [9.17, 15) is 4.79 Å². The molecule has 1 aromatic heterocycles. The lowest BCUT2D eigenvalue weighted by Crippen LogP contribution is -2.14. The SMILES string of the molecule is Cc1[nH]c2c(C(N)=O)cc(F)c(-c3cccc4c3[C@@H]3C[C@@H]3CN4)c2c1C. The first-order chi connectivity index (χ1) is 12.5. The lowest BCUT2D eigenvalue weighted by Gasteiger charge is -2.22. The van der Waals surface area contributed by atoms with Gasteiger partial charge in [0.1, 0.15) is 5.82 Å². The smallest absolute Gasteiger partial charge is 0.250 e. The fourth-order valence-electron chi connectivity index (χ4n) is 4.49. The first kappa shape index (κ1) is 15.4. The van der Waals surface area contributed by atoms with Crippen LogP contribution in [-0.2, 0) is 0 Å². The van der Waals surface area contributed by atoms with Crippen molar-refractivity contribution in [1.82, 2.24) is 4.98 Å². The number of aromatic nitrogens is 1. The third kappa shape index (κ3) is 1.97. The minimum atomic E-state index is -0.624. The number of H-pyrrole nitrogens is 1. The number of primary amides is 1. The van der Waals surface area contributed by atoms with Gasteiger partial charge in [-0.1, -0.05) is 12.1 Å². The molecule has 3 aromatic rings. The van der Waals surface area contributed by atoms with E-state index in [-0.39, 0.29) is 5.56 Å². The summed E-state index contributed by atoms with van der Waals surface area (Å²) >= 11 is 0. The van der Waals surface area contributed by atoms with Crippen LogP contribution in [0.2, 0.25) is 0 Å². The topological polar surface area (TPSA) is 70.9 Å². The zero-order chi connectivity index (χ0) is 18.2. The van der Waals surface area contributed by atoms with E-state index in [1.807, 2.05) is 26.0 Å². The van der Waals surface area contributed by atoms with Gasteiger partial charge < -0.3 is 16.0 Å². The highest BCUT2D eigenvalue weighted by atomic mass is 19.1. The molecule has 5 heteroatoms. The predicted molar refractivity (Wildman–Crippen MR) is 101 cm³/mol. The van der Waals surface area contributed by atoms with Crippen molar-refractivity contribution in [2.45, 2.75) is 26.2 Å². The molecule has 5 rings (SSSR count). The summed E-state index contributed by atoms with van der Waals surface area (Å²) in [5, 5.41) is 4.23. The molecule has 132 valence electrons. The lowest BCUT2D eigenvalue weighted by molar-refractivity contribution is 0.100. The van der Waals surface area contributed by atoms with Gasteiger partial charge >= 0.3 is 0 Å². The third-order valence-electron chi connectivity index (χ3n) is 6.02. The average Bonchev–Trinajstić information content (AvgIpc) is 3.35. The summed E-state index contributed by atoms with van der Waals surface area (Å²) < 4.78 is 15.3. The normalized spacial score (nSPS) is 20.4. The molecule has 0 bridgehead atoms. The summed E-state index contributed by atoms with van der Waals surface area (Å²) in [5.74, 6) is 0.111. The van der Waals surface area contributed by atoms with Gasteiger partial charge in [0, 0.05) is 28.9 Å². The molecule has 26 heavy (non-hydrogen) atoms. The standard InChI is InChI=1S/C21H20FN3O/c1-9-10(2)25-20-14(21(23)26)7-15(22)19(17(9)20)12-4-3-5-16-18(12)13-6-11(13)8-24-16/h3-5,7,11,13,24-25H,6,8H2,1-2H3,(H2,23,26)/t11-,13-/m1/s1. The van der Waals surface area contributed by atoms with Crippen LogP contribution >= 0.6 is 0 Å². The maximum absolute atomic E-state index is 15.3. The van der Waals surface area contributed by atoms with Gasteiger partial charge in [-0.25, -0.2) is 4.39 Å². The van der Waals surface area contributed by atoms with Gasteiger partial charge in [0.05, 0.1) is 11.1 Å². The maximum Gasteiger partial charge on any atom is 0.250 e. The molecule has 0 spiro atoms. The molecule has 2 atom stereocenters. The number of carbonyl (C=O) groups is 1. The minimum Gasteiger partial charge on any atom is -0.384 e. The number of nitrogens with one attached hydrogen (secondary N) is 2. The van der Waals surface area contributed by atoms with E-state index < -0.39 is 11.7 Å². The predicted octanol–water partition coefficient (Wildman–Crippen LogP) is 4.22. The highest BCUT2D eigenvalue weighted by Crippen LogP contribution is 2.56. The van der Waals surface area contributed by atoms with Gasteiger partial charge in [-0.3, -0.25) is 4.79 Å². The number of rotatable bonds is 2. The van der Waals surface area contributed by atoms with Gasteiger partial charge in [-0.15, -0.1) is 0 Å². The summed E-state index contributed by atoms with van der Waals surface area (Å²) in [5.41, 5.74) is 12.0. The number of anilines is 1. The molecule has 1 aliphatic heterocycles. The third-order valence-corrected chi connectivity index (χ3v) is 6.02. The maximum atomic E-state index is 15.3. The summed E-state index contributed by atoms with van der Waals surface area (Å²) in [6, 6.07) is 7.29. The van der Waals surface area contributed by atoms with Crippen molar-refractivity contribution in [2.24, 2.45) is 11.7 Å². The Hall–Kier alpha value is -2.82. The fourth-order valence-corrected chi connectivity index (χ4v) is 4.49. The van der Waals surface area contributed by atoms with Crippen molar-refractivity contribution < 1.29 is 9.18 Å². The van der Waals surface area contributed by atoms with E-state index in [1.165, 1.54) is 11.6 Å². The van der Waals surface area contributed by atoms with Crippen molar-refractivity contribution in [2.75, 3.05) is 11.9 Å². The highest BCUT2D eigenvalue weighted by molar-refractivity contribution is 6.11. The number of aryl methyl sites for hydroxylation is 2. The Bertz CT molecular complexity index is 1100. The number of fused-ring (bicyclic) bond motifs is 4. The Kier molecular flexibility index (Phi) is 3.03. The number of aromatic amines is 1. The van der Waals surface area contributed by atoms with Gasteiger partial charge in [0.15, 0.2) is 0 Å². The molecule has 2 heterocycles. The molecule has 2 aliphatic rings. The zero-order valence-electron chi connectivity index (χ0n) is 14.7. The van der Waals surface area contributed by atoms with E-state index in [1.54, 1.807) is 0 Å². The minimum absolute atomic E-state index is 0.199. The number of amides is 1. The summed E-state index contributed by atoms with van der Waals surface area (Å²) in [4.78, 5) is 15.1. The quantitative estimate of drug-likeness (QED) is 0.648. The first-order valence-corrected chi connectivity index (χ1v) is 8.95. The Labute approximate surface area is 150 Å². The van der Waals surface area contributed by atoms with Crippen LogP contribution in [0.25, 0.3) is 22.0 Å². The number of halogens is 1. The molecule has 2 aromatic carbocycles. The van der Waals surface area contributed by atoms with E-state index in [2.05, 4.69) is 16.4 Å². The average molecular weight is 349 g/mol. The Morgan fingerprint density at radius 3 is 2.88 bits per heavy atom. The van der Waals surface area contributed by atoms with Crippen molar-refractivity contribution in [3.63, 3.8) is 0 Å². The molecule has 4 nitrogen and oxygen atoms in total. The monoisotopic (exact) mass is 349 g/mol. The van der Waals surface area contributed by atoms with Crippen LogP contribution < -0.4 is 11.1 Å². The van der Waals surface area contributed by atoms with Crippen LogP contribution in [0.1, 0.15) is 39.5 Å². The lowest BCUT2D eigenvalue weighted by atomic mass is 9.88. The van der Waals surface area contributed by atoms with Gasteiger partial charge in [-0.2, -0.15) is 0 Å². The molecule has 1 amide bonds. The number of hydrogen-bond acceptors (Lipinski definition) is 2. The zero-order valence-corrected chi connectivity index (χ0v) is 14.7. The highest BCUT2D eigenvalue weighted by Gasteiger charge is 2.44. The molecule has 0 radical (unpaired) electrons. The molecule has 1 saturated carbocycles. The van der Waals surface area contributed by atoms with Gasteiger partial charge in [0.25, 0.3) is 5.91 Å². The Morgan fingerprint density at radius 1 is 1.31 bits per heavy atom. The summed E-state index contributed by atoms with van der Waals surface area (Å²) in [7, 11) is 0. The van der Waals surface area contributed by atoms with Crippen LogP contribution in [0.4, 0.5) is 10.1 Å². The molecule has 1 fully saturated rings. The number of hydrogen-bond donors (Lipinski definition) is 3. The Morgan fingerprint density at radius 2 is 2.12 bits per heavy atom. The Balaban J connectivity index is 1.89. The van der Waals surface area contributed by atoms with Crippen molar-refractivity contribution in [3.05, 3.63) is 52.5 Å². The van der Waals surface area contributed by atoms with E-state index in [0.717, 1.165) is 40.9 Å². The second-order valence-corrected chi connectivity index (χ2v) is 7.52. The summed E-state index contributed by atoms with van der Waals surface area (Å²) in [6.07, 6.45) is 1.15. The van der Waals surface area contributed by atoms with Crippen LogP contribution in [0.15, 0.2) is 24.3 Å². The number of nitrogens with two attached hydrogens (primary N) is 1. The molecular formula is C21H20FN3O. The van der Waals surface area contributed by atoms with Crippen LogP contribution in [0, 0.1) is 25.6 Å². The van der Waals surface area contributed by atoms with Crippen molar-refractivity contribution in [3.8, 4) is 11.1 Å². The van der Waals surface area contributed by atoms with E-state index in [4.69, 9.17) is 5.73 Å². The summed E-state index contributed by atoms with van der Waals surface area (Å²) in [6.45, 7) is 4.87. The van der Waals surface area contributed by atoms with Crippen molar-refractivity contribution in [1.29, 1.82) is 0 Å². The van der Waals surface area contributed by atoms with Gasteiger partial charge in [-0.05, 0) is 60.9 Å². The second kappa shape index (κ2) is 5.10. The second-order valence-electron chi connectivity index (χ2n) is 7.52. The largest absolute Gasteiger partial charge is 0.384 e. The van der Waals surface area contributed by atoms with Crippen LogP contribution in [0.3, 0.4) is 0 Å². The molecular weight excluding hydrogens is 329 g/mol. The van der Waals surface area contributed by atoms with E-state index >= 15 is 4.39 Å². The van der Waals surface area contributed by atoms with Crippen LogP contribution in [-0.4, -0.2) is 17.4 Å².